The van der Waals surface area contributed by atoms with Crippen LogP contribution in [0.4, 0.5) is 8.78 Å². The van der Waals surface area contributed by atoms with E-state index in [9.17, 15) is 8.78 Å². The fourth-order valence-electron chi connectivity index (χ4n) is 2.11. The first-order chi connectivity index (χ1) is 8.03. The van der Waals surface area contributed by atoms with Crippen molar-refractivity contribution in [1.29, 1.82) is 0 Å². The number of methoxy groups -OCH3 is 1. The molecule has 2 rings (SSSR count). The number of aryl methyl sites for hydroxylation is 1. The van der Waals surface area contributed by atoms with Crippen molar-refractivity contribution in [2.24, 2.45) is 0 Å². The van der Waals surface area contributed by atoms with E-state index < -0.39 is 5.92 Å². The van der Waals surface area contributed by atoms with E-state index in [1.807, 2.05) is 6.92 Å². The van der Waals surface area contributed by atoms with E-state index in [1.54, 1.807) is 18.1 Å². The topological polar surface area (TPSA) is 25.4 Å². The molecule has 2 heterocycles. The number of aromatic nitrogens is 1. The van der Waals surface area contributed by atoms with Gasteiger partial charge < -0.3 is 4.74 Å². The largest absolute Gasteiger partial charge is 0.383 e. The van der Waals surface area contributed by atoms with Crippen LogP contribution in [0.25, 0.3) is 0 Å². The standard InChI is InChI=1S/C12H16F2N2O/c1-9-5-10-7-16(3-4-17-2)8-12(13,14)11(10)15-6-9/h5-6H,3-4,7-8H2,1-2H3. The van der Waals surface area contributed by atoms with Gasteiger partial charge in [0.2, 0.25) is 0 Å². The molecular weight excluding hydrogens is 226 g/mol. The van der Waals surface area contributed by atoms with Crippen molar-refractivity contribution in [3.05, 3.63) is 29.1 Å². The summed E-state index contributed by atoms with van der Waals surface area (Å²) in [6.07, 6.45) is 1.50. The van der Waals surface area contributed by atoms with Crippen LogP contribution >= 0.6 is 0 Å². The Kier molecular flexibility index (Phi) is 3.40. The highest BCUT2D eigenvalue weighted by Crippen LogP contribution is 2.35. The highest BCUT2D eigenvalue weighted by atomic mass is 19.3. The molecule has 1 aromatic heterocycles. The molecule has 3 nitrogen and oxygen atoms in total. The zero-order chi connectivity index (χ0) is 12.5. The monoisotopic (exact) mass is 242 g/mol. The van der Waals surface area contributed by atoms with Gasteiger partial charge in [0.05, 0.1) is 13.2 Å². The third-order valence-corrected chi connectivity index (χ3v) is 2.88. The second-order valence-electron chi connectivity index (χ2n) is 4.43. The van der Waals surface area contributed by atoms with Gasteiger partial charge in [0.25, 0.3) is 0 Å². The highest BCUT2D eigenvalue weighted by Gasteiger charge is 2.41. The van der Waals surface area contributed by atoms with Crippen molar-refractivity contribution in [3.8, 4) is 0 Å². The van der Waals surface area contributed by atoms with Gasteiger partial charge in [0.1, 0.15) is 5.69 Å². The number of nitrogens with zero attached hydrogens (tertiary/aromatic N) is 2. The smallest absolute Gasteiger partial charge is 0.302 e. The van der Waals surface area contributed by atoms with Crippen LogP contribution in [0, 0.1) is 6.92 Å². The molecule has 0 fully saturated rings. The van der Waals surface area contributed by atoms with Crippen LogP contribution in [-0.4, -0.2) is 36.7 Å². The number of fused-ring (bicyclic) bond motifs is 1. The number of halogens is 2. The molecule has 0 saturated carbocycles. The molecule has 0 N–H and O–H groups in total. The van der Waals surface area contributed by atoms with E-state index >= 15 is 0 Å². The molecule has 0 amide bonds. The van der Waals surface area contributed by atoms with Gasteiger partial charge in [0, 0.05) is 26.4 Å². The number of pyridine rings is 1. The first-order valence-corrected chi connectivity index (χ1v) is 5.58. The van der Waals surface area contributed by atoms with Gasteiger partial charge in [-0.1, -0.05) is 6.07 Å². The molecular formula is C12H16F2N2O. The Balaban J connectivity index is 2.25. The number of alkyl halides is 2. The molecule has 0 atom stereocenters. The molecule has 0 spiro atoms. The summed E-state index contributed by atoms with van der Waals surface area (Å²) in [4.78, 5) is 5.58. The van der Waals surface area contributed by atoms with Crippen molar-refractivity contribution >= 4 is 0 Å². The molecule has 1 aliphatic heterocycles. The summed E-state index contributed by atoms with van der Waals surface area (Å²) in [5.41, 5.74) is 1.46. The molecule has 0 unspecified atom stereocenters. The summed E-state index contributed by atoms with van der Waals surface area (Å²) in [5, 5.41) is 0. The van der Waals surface area contributed by atoms with Crippen LogP contribution in [-0.2, 0) is 17.2 Å². The molecule has 1 aromatic rings. The Morgan fingerprint density at radius 3 is 3.00 bits per heavy atom. The van der Waals surface area contributed by atoms with Gasteiger partial charge in [-0.25, -0.2) is 0 Å². The summed E-state index contributed by atoms with van der Waals surface area (Å²) in [5.74, 6) is -2.87. The van der Waals surface area contributed by atoms with Crippen LogP contribution in [0.2, 0.25) is 0 Å². The van der Waals surface area contributed by atoms with Crippen molar-refractivity contribution in [1.82, 2.24) is 9.88 Å². The zero-order valence-electron chi connectivity index (χ0n) is 10.0. The number of ether oxygens (including phenoxy) is 1. The predicted octanol–water partition coefficient (Wildman–Crippen LogP) is 1.94. The molecule has 5 heteroatoms. The maximum atomic E-state index is 13.9. The Labute approximate surface area is 99.4 Å². The zero-order valence-corrected chi connectivity index (χ0v) is 10.0. The summed E-state index contributed by atoms with van der Waals surface area (Å²) in [6, 6.07) is 1.79. The number of hydrogen-bond acceptors (Lipinski definition) is 3. The summed E-state index contributed by atoms with van der Waals surface area (Å²) in [7, 11) is 1.57. The number of hydrogen-bond donors (Lipinski definition) is 0. The summed E-state index contributed by atoms with van der Waals surface area (Å²) < 4.78 is 32.6. The van der Waals surface area contributed by atoms with Gasteiger partial charge in [-0.15, -0.1) is 0 Å². The third kappa shape index (κ3) is 2.61. The van der Waals surface area contributed by atoms with E-state index in [0.29, 0.717) is 25.3 Å². The fraction of sp³-hybridized carbons (Fsp3) is 0.583. The Morgan fingerprint density at radius 2 is 2.29 bits per heavy atom. The molecule has 0 bridgehead atoms. The van der Waals surface area contributed by atoms with E-state index in [-0.39, 0.29) is 12.2 Å². The van der Waals surface area contributed by atoms with Crippen LogP contribution in [0.1, 0.15) is 16.8 Å². The second kappa shape index (κ2) is 4.66. The Morgan fingerprint density at radius 1 is 1.53 bits per heavy atom. The van der Waals surface area contributed by atoms with Crippen LogP contribution in [0.3, 0.4) is 0 Å². The van der Waals surface area contributed by atoms with Gasteiger partial charge in [-0.05, 0) is 18.1 Å². The van der Waals surface area contributed by atoms with Crippen molar-refractivity contribution < 1.29 is 13.5 Å². The lowest BCUT2D eigenvalue weighted by Crippen LogP contribution is -2.42. The minimum atomic E-state index is -2.87. The summed E-state index contributed by atoms with van der Waals surface area (Å²) >= 11 is 0. The Hall–Kier alpha value is -1.07. The van der Waals surface area contributed by atoms with Crippen molar-refractivity contribution in [2.45, 2.75) is 19.4 Å². The molecule has 94 valence electrons. The predicted molar refractivity (Wildman–Crippen MR) is 60.0 cm³/mol. The first-order valence-electron chi connectivity index (χ1n) is 5.58. The molecule has 0 saturated heterocycles. The highest BCUT2D eigenvalue weighted by molar-refractivity contribution is 5.30. The average Bonchev–Trinajstić information content (AvgIpc) is 2.24. The molecule has 0 aromatic carbocycles. The maximum absolute atomic E-state index is 13.9. The van der Waals surface area contributed by atoms with E-state index in [1.165, 1.54) is 6.20 Å². The van der Waals surface area contributed by atoms with E-state index in [4.69, 9.17) is 4.74 Å². The van der Waals surface area contributed by atoms with Crippen LogP contribution in [0.15, 0.2) is 12.3 Å². The average molecular weight is 242 g/mol. The molecule has 0 aliphatic carbocycles. The molecule has 17 heavy (non-hydrogen) atoms. The quantitative estimate of drug-likeness (QED) is 0.810. The van der Waals surface area contributed by atoms with Gasteiger partial charge in [0.15, 0.2) is 0 Å². The number of rotatable bonds is 3. The normalized spacial score (nSPS) is 19.1. The van der Waals surface area contributed by atoms with Gasteiger partial charge >= 0.3 is 5.92 Å². The van der Waals surface area contributed by atoms with Gasteiger partial charge in [-0.3, -0.25) is 9.88 Å². The first kappa shape index (κ1) is 12.4. The molecule has 0 radical (unpaired) electrons. The van der Waals surface area contributed by atoms with Gasteiger partial charge in [-0.2, -0.15) is 8.78 Å². The lowest BCUT2D eigenvalue weighted by molar-refractivity contribution is -0.0599. The maximum Gasteiger partial charge on any atom is 0.302 e. The minimum Gasteiger partial charge on any atom is -0.383 e. The minimum absolute atomic E-state index is 0.0724. The second-order valence-corrected chi connectivity index (χ2v) is 4.43. The van der Waals surface area contributed by atoms with Crippen molar-refractivity contribution in [3.63, 3.8) is 0 Å². The SMILES string of the molecule is COCCN1Cc2cc(C)cnc2C(F)(F)C1. The van der Waals surface area contributed by atoms with E-state index in [2.05, 4.69) is 4.98 Å². The van der Waals surface area contributed by atoms with E-state index in [0.717, 1.165) is 5.56 Å². The van der Waals surface area contributed by atoms with Crippen molar-refractivity contribution in [2.75, 3.05) is 26.8 Å². The van der Waals surface area contributed by atoms with Crippen LogP contribution in [0.5, 0.6) is 0 Å². The third-order valence-electron chi connectivity index (χ3n) is 2.88. The lowest BCUT2D eigenvalue weighted by Gasteiger charge is -2.33. The lowest BCUT2D eigenvalue weighted by atomic mass is 10.0. The van der Waals surface area contributed by atoms with Crippen LogP contribution < -0.4 is 0 Å². The fourth-order valence-corrected chi connectivity index (χ4v) is 2.11. The summed E-state index contributed by atoms with van der Waals surface area (Å²) in [6.45, 7) is 3.08. The Bertz CT molecular complexity index is 409. The molecule has 1 aliphatic rings.